The van der Waals surface area contributed by atoms with Gasteiger partial charge in [0.1, 0.15) is 11.6 Å². The number of aryl methyl sites for hydroxylation is 3. The normalized spacial score (nSPS) is 16.2. The first-order valence-corrected chi connectivity index (χ1v) is 7.99. The second kappa shape index (κ2) is 6.29. The number of hydrogen-bond acceptors (Lipinski definition) is 3. The number of benzene rings is 1. The maximum absolute atomic E-state index is 5.85. The lowest BCUT2D eigenvalue weighted by Gasteiger charge is -2.25. The molecule has 21 heavy (non-hydrogen) atoms. The average molecular weight is 284 g/mol. The highest BCUT2D eigenvalue weighted by Gasteiger charge is 2.20. The smallest absolute Gasteiger partial charge is 0.133 e. The third-order valence-corrected chi connectivity index (χ3v) is 4.47. The largest absolute Gasteiger partial charge is 0.399 e. The van der Waals surface area contributed by atoms with E-state index in [1.807, 2.05) is 18.2 Å². The number of nitrogens with zero attached hydrogens (tertiary/aromatic N) is 3. The second-order valence-corrected chi connectivity index (χ2v) is 6.07. The fourth-order valence-electron chi connectivity index (χ4n) is 3.40. The number of nitrogens with two attached hydrogens (primary N) is 1. The van der Waals surface area contributed by atoms with Gasteiger partial charge in [-0.2, -0.15) is 0 Å². The first-order chi connectivity index (χ1) is 10.2. The highest BCUT2D eigenvalue weighted by atomic mass is 15.3. The van der Waals surface area contributed by atoms with Gasteiger partial charge in [0.25, 0.3) is 0 Å². The lowest BCUT2D eigenvalue weighted by Crippen LogP contribution is -2.17. The van der Waals surface area contributed by atoms with Crippen molar-refractivity contribution < 1.29 is 0 Å². The Labute approximate surface area is 126 Å². The molecule has 112 valence electrons. The molecule has 0 bridgehead atoms. The lowest BCUT2D eigenvalue weighted by molar-refractivity contribution is 0.340. The van der Waals surface area contributed by atoms with Gasteiger partial charge in [-0.1, -0.05) is 31.4 Å². The van der Waals surface area contributed by atoms with Crippen molar-refractivity contribution in [2.75, 3.05) is 5.73 Å². The fraction of sp³-hybridized carbons (Fsp3) is 0.529. The molecule has 0 saturated heterocycles. The van der Waals surface area contributed by atoms with Crippen molar-refractivity contribution in [2.24, 2.45) is 0 Å². The van der Waals surface area contributed by atoms with Crippen molar-refractivity contribution in [3.63, 3.8) is 0 Å². The molecule has 2 N–H and O–H groups in total. The van der Waals surface area contributed by atoms with E-state index >= 15 is 0 Å². The summed E-state index contributed by atoms with van der Waals surface area (Å²) >= 11 is 0. The summed E-state index contributed by atoms with van der Waals surface area (Å²) in [4.78, 5) is 0. The minimum atomic E-state index is 0.601. The summed E-state index contributed by atoms with van der Waals surface area (Å²) in [6, 6.07) is 8.73. The Balaban J connectivity index is 1.73. The molecule has 0 spiro atoms. The summed E-state index contributed by atoms with van der Waals surface area (Å²) in [5.41, 5.74) is 7.95. The second-order valence-electron chi connectivity index (χ2n) is 6.07. The molecule has 1 aliphatic rings. The van der Waals surface area contributed by atoms with Crippen LogP contribution in [0.1, 0.15) is 55.4 Å². The molecule has 4 nitrogen and oxygen atoms in total. The van der Waals surface area contributed by atoms with Crippen LogP contribution >= 0.6 is 0 Å². The zero-order valence-electron chi connectivity index (χ0n) is 12.8. The summed E-state index contributed by atoms with van der Waals surface area (Å²) in [6.45, 7) is 2.08. The number of rotatable bonds is 4. The molecule has 0 amide bonds. The number of nitrogen functional groups attached to an aromatic ring is 1. The summed E-state index contributed by atoms with van der Waals surface area (Å²) in [6.07, 6.45) is 8.47. The van der Waals surface area contributed by atoms with Crippen LogP contribution in [-0.2, 0) is 12.8 Å². The third kappa shape index (κ3) is 3.26. The van der Waals surface area contributed by atoms with Crippen molar-refractivity contribution in [1.82, 2.24) is 14.8 Å². The van der Waals surface area contributed by atoms with Gasteiger partial charge in [-0.05, 0) is 43.9 Å². The highest BCUT2D eigenvalue weighted by molar-refractivity contribution is 5.40. The van der Waals surface area contributed by atoms with E-state index in [4.69, 9.17) is 5.73 Å². The van der Waals surface area contributed by atoms with E-state index in [9.17, 15) is 0 Å². The molecule has 0 unspecified atom stereocenters. The van der Waals surface area contributed by atoms with Gasteiger partial charge in [0.15, 0.2) is 0 Å². The van der Waals surface area contributed by atoms with E-state index in [1.165, 1.54) is 37.7 Å². The molecule has 1 saturated carbocycles. The Morgan fingerprint density at radius 1 is 1.14 bits per heavy atom. The van der Waals surface area contributed by atoms with Gasteiger partial charge in [-0.3, -0.25) is 0 Å². The molecule has 4 heteroatoms. The number of hydrogen-bond donors (Lipinski definition) is 1. The predicted octanol–water partition coefficient (Wildman–Crippen LogP) is 3.46. The molecule has 0 aliphatic heterocycles. The Kier molecular flexibility index (Phi) is 4.23. The molecule has 0 atom stereocenters. The quantitative estimate of drug-likeness (QED) is 0.875. The molecule has 2 aromatic rings. The van der Waals surface area contributed by atoms with Crippen LogP contribution in [-0.4, -0.2) is 14.8 Å². The Morgan fingerprint density at radius 3 is 2.71 bits per heavy atom. The molecule has 1 aromatic carbocycles. The van der Waals surface area contributed by atoms with Crippen molar-refractivity contribution in [1.29, 1.82) is 0 Å². The van der Waals surface area contributed by atoms with Gasteiger partial charge in [0.05, 0.1) is 0 Å². The number of anilines is 1. The Hall–Kier alpha value is -1.84. The van der Waals surface area contributed by atoms with Gasteiger partial charge in [-0.25, -0.2) is 0 Å². The van der Waals surface area contributed by atoms with Gasteiger partial charge >= 0.3 is 0 Å². The van der Waals surface area contributed by atoms with E-state index in [0.29, 0.717) is 6.04 Å². The SMILES string of the molecule is Cc1nnc(CCc2cccc(N)c2)n1C1CCCCC1. The highest BCUT2D eigenvalue weighted by Crippen LogP contribution is 2.30. The minimum absolute atomic E-state index is 0.601. The maximum atomic E-state index is 5.85. The van der Waals surface area contributed by atoms with Crippen LogP contribution in [0.5, 0.6) is 0 Å². The Morgan fingerprint density at radius 2 is 1.95 bits per heavy atom. The van der Waals surface area contributed by atoms with Crippen molar-refractivity contribution in [2.45, 2.75) is 57.9 Å². The van der Waals surface area contributed by atoms with E-state index in [0.717, 1.165) is 30.2 Å². The molecule has 1 heterocycles. The maximum Gasteiger partial charge on any atom is 0.133 e. The van der Waals surface area contributed by atoms with E-state index in [-0.39, 0.29) is 0 Å². The predicted molar refractivity (Wildman–Crippen MR) is 85.1 cm³/mol. The van der Waals surface area contributed by atoms with E-state index in [2.05, 4.69) is 27.8 Å². The van der Waals surface area contributed by atoms with Crippen molar-refractivity contribution in [3.05, 3.63) is 41.5 Å². The molecule has 3 rings (SSSR count). The average Bonchev–Trinajstić information content (AvgIpc) is 2.87. The fourth-order valence-corrected chi connectivity index (χ4v) is 3.40. The first kappa shape index (κ1) is 14.1. The molecule has 1 aliphatic carbocycles. The van der Waals surface area contributed by atoms with Crippen LogP contribution in [0.3, 0.4) is 0 Å². The topological polar surface area (TPSA) is 56.7 Å². The van der Waals surface area contributed by atoms with Crippen LogP contribution in [0, 0.1) is 6.92 Å². The van der Waals surface area contributed by atoms with E-state index in [1.54, 1.807) is 0 Å². The monoisotopic (exact) mass is 284 g/mol. The Bertz CT molecular complexity index is 597. The van der Waals surface area contributed by atoms with Crippen molar-refractivity contribution in [3.8, 4) is 0 Å². The van der Waals surface area contributed by atoms with Crippen LogP contribution in [0.15, 0.2) is 24.3 Å². The third-order valence-electron chi connectivity index (χ3n) is 4.47. The summed E-state index contributed by atoms with van der Waals surface area (Å²) in [5.74, 6) is 2.19. The first-order valence-electron chi connectivity index (χ1n) is 7.99. The molecule has 1 fully saturated rings. The van der Waals surface area contributed by atoms with Crippen molar-refractivity contribution >= 4 is 5.69 Å². The zero-order chi connectivity index (χ0) is 14.7. The summed E-state index contributed by atoms with van der Waals surface area (Å²) in [7, 11) is 0. The van der Waals surface area contributed by atoms with Crippen LogP contribution in [0.2, 0.25) is 0 Å². The van der Waals surface area contributed by atoms with E-state index < -0.39 is 0 Å². The molecular weight excluding hydrogens is 260 g/mol. The standard InChI is InChI=1S/C17H24N4/c1-13-19-20-17(21(13)16-8-3-2-4-9-16)11-10-14-6-5-7-15(18)12-14/h5-7,12,16H,2-4,8-11,18H2,1H3. The number of aromatic nitrogens is 3. The van der Waals surface area contributed by atoms with Crippen LogP contribution in [0.25, 0.3) is 0 Å². The summed E-state index contributed by atoms with van der Waals surface area (Å²) < 4.78 is 2.38. The summed E-state index contributed by atoms with van der Waals surface area (Å²) in [5, 5.41) is 8.72. The zero-order valence-corrected chi connectivity index (χ0v) is 12.8. The van der Waals surface area contributed by atoms with Crippen LogP contribution in [0.4, 0.5) is 5.69 Å². The van der Waals surface area contributed by atoms with Gasteiger partial charge < -0.3 is 10.3 Å². The van der Waals surface area contributed by atoms with Gasteiger partial charge in [0.2, 0.25) is 0 Å². The molecule has 0 radical (unpaired) electrons. The van der Waals surface area contributed by atoms with Crippen LogP contribution < -0.4 is 5.73 Å². The van der Waals surface area contributed by atoms with Gasteiger partial charge in [0, 0.05) is 18.2 Å². The minimum Gasteiger partial charge on any atom is -0.399 e. The molecular formula is C17H24N4. The van der Waals surface area contributed by atoms with Gasteiger partial charge in [-0.15, -0.1) is 10.2 Å². The lowest BCUT2D eigenvalue weighted by atomic mass is 9.95. The molecule has 1 aromatic heterocycles.